The van der Waals surface area contributed by atoms with Gasteiger partial charge in [-0.2, -0.15) is 0 Å². The smallest absolute Gasteiger partial charge is 0.150 e. The average molecular weight is 216 g/mol. The molecule has 16 heavy (non-hydrogen) atoms. The SMILES string of the molecule is CC(C)c1ccc(-c2ncn(N)c2N)cc1. The van der Waals surface area contributed by atoms with Crippen molar-refractivity contribution in [1.82, 2.24) is 9.66 Å². The minimum Gasteiger partial charge on any atom is -0.382 e. The molecule has 2 aromatic rings. The zero-order chi connectivity index (χ0) is 11.7. The van der Waals surface area contributed by atoms with Crippen LogP contribution in [0.15, 0.2) is 30.6 Å². The number of hydrogen-bond donors (Lipinski definition) is 2. The van der Waals surface area contributed by atoms with Gasteiger partial charge in [0.2, 0.25) is 0 Å². The van der Waals surface area contributed by atoms with E-state index in [4.69, 9.17) is 11.6 Å². The molecule has 0 aliphatic carbocycles. The Kier molecular flexibility index (Phi) is 2.56. The van der Waals surface area contributed by atoms with E-state index in [9.17, 15) is 0 Å². The quantitative estimate of drug-likeness (QED) is 0.754. The second kappa shape index (κ2) is 3.89. The molecule has 0 bridgehead atoms. The molecule has 0 saturated carbocycles. The first-order chi connectivity index (χ1) is 7.59. The second-order valence-corrected chi connectivity index (χ2v) is 4.16. The van der Waals surface area contributed by atoms with E-state index < -0.39 is 0 Å². The fraction of sp³-hybridized carbons (Fsp3) is 0.250. The maximum Gasteiger partial charge on any atom is 0.150 e. The highest BCUT2D eigenvalue weighted by Gasteiger charge is 2.08. The summed E-state index contributed by atoms with van der Waals surface area (Å²) in [6.07, 6.45) is 1.51. The highest BCUT2D eigenvalue weighted by Crippen LogP contribution is 2.24. The predicted molar refractivity (Wildman–Crippen MR) is 66.3 cm³/mol. The standard InChI is InChI=1S/C12H16N4/c1-8(2)9-3-5-10(6-4-9)11-12(13)16(14)7-15-11/h3-8H,13-14H2,1-2H3. The molecule has 1 aromatic heterocycles. The fourth-order valence-electron chi connectivity index (χ4n) is 1.62. The Morgan fingerprint density at radius 2 is 1.81 bits per heavy atom. The summed E-state index contributed by atoms with van der Waals surface area (Å²) in [5, 5.41) is 0. The van der Waals surface area contributed by atoms with Crippen LogP contribution in [0.2, 0.25) is 0 Å². The van der Waals surface area contributed by atoms with Gasteiger partial charge in [0.1, 0.15) is 17.8 Å². The van der Waals surface area contributed by atoms with Crippen molar-refractivity contribution < 1.29 is 0 Å². The summed E-state index contributed by atoms with van der Waals surface area (Å²) in [6, 6.07) is 8.23. The van der Waals surface area contributed by atoms with Gasteiger partial charge in [-0.1, -0.05) is 38.1 Å². The van der Waals surface area contributed by atoms with Crippen LogP contribution in [0.4, 0.5) is 5.82 Å². The molecule has 0 amide bonds. The van der Waals surface area contributed by atoms with Gasteiger partial charge < -0.3 is 11.6 Å². The topological polar surface area (TPSA) is 69.9 Å². The number of nitrogens with two attached hydrogens (primary N) is 2. The van der Waals surface area contributed by atoms with Gasteiger partial charge in [0, 0.05) is 5.56 Å². The van der Waals surface area contributed by atoms with E-state index in [-0.39, 0.29) is 0 Å². The number of aromatic nitrogens is 2. The first-order valence-corrected chi connectivity index (χ1v) is 5.28. The third-order valence-corrected chi connectivity index (χ3v) is 2.68. The molecule has 0 aliphatic heterocycles. The number of anilines is 1. The third-order valence-electron chi connectivity index (χ3n) is 2.68. The highest BCUT2D eigenvalue weighted by atomic mass is 15.3. The Labute approximate surface area is 94.9 Å². The van der Waals surface area contributed by atoms with Crippen molar-refractivity contribution in [1.29, 1.82) is 0 Å². The summed E-state index contributed by atoms with van der Waals surface area (Å²) < 4.78 is 1.33. The Hall–Kier alpha value is -1.97. The second-order valence-electron chi connectivity index (χ2n) is 4.16. The fourth-order valence-corrected chi connectivity index (χ4v) is 1.62. The number of rotatable bonds is 2. The predicted octanol–water partition coefficient (Wildman–Crippen LogP) is 1.97. The van der Waals surface area contributed by atoms with Gasteiger partial charge in [0.25, 0.3) is 0 Å². The number of imidazole rings is 1. The van der Waals surface area contributed by atoms with Crippen LogP contribution in [0.5, 0.6) is 0 Å². The van der Waals surface area contributed by atoms with E-state index in [0.717, 1.165) is 11.3 Å². The average Bonchev–Trinajstić information content (AvgIpc) is 2.60. The van der Waals surface area contributed by atoms with Gasteiger partial charge in [0.15, 0.2) is 0 Å². The lowest BCUT2D eigenvalue weighted by atomic mass is 10.0. The van der Waals surface area contributed by atoms with Crippen LogP contribution < -0.4 is 11.6 Å². The van der Waals surface area contributed by atoms with Gasteiger partial charge in [-0.05, 0) is 11.5 Å². The van der Waals surface area contributed by atoms with Crippen LogP contribution in [0.1, 0.15) is 25.3 Å². The molecular formula is C12H16N4. The molecule has 0 spiro atoms. The minimum atomic E-state index is 0.484. The molecule has 2 rings (SSSR count). The number of nitrogen functional groups attached to an aromatic ring is 2. The first kappa shape index (κ1) is 10.5. The molecule has 0 radical (unpaired) electrons. The molecule has 4 nitrogen and oxygen atoms in total. The Balaban J connectivity index is 2.38. The molecule has 0 unspecified atom stereocenters. The molecule has 84 valence electrons. The van der Waals surface area contributed by atoms with Gasteiger partial charge in [-0.25, -0.2) is 9.66 Å². The summed E-state index contributed by atoms with van der Waals surface area (Å²) >= 11 is 0. The zero-order valence-corrected chi connectivity index (χ0v) is 9.51. The molecule has 0 atom stereocenters. The van der Waals surface area contributed by atoms with Crippen molar-refractivity contribution in [2.75, 3.05) is 11.6 Å². The molecular weight excluding hydrogens is 200 g/mol. The summed E-state index contributed by atoms with van der Waals surface area (Å²) in [6.45, 7) is 4.33. The summed E-state index contributed by atoms with van der Waals surface area (Å²) in [4.78, 5) is 4.17. The molecule has 4 heteroatoms. The highest BCUT2D eigenvalue weighted by molar-refractivity contribution is 5.70. The van der Waals surface area contributed by atoms with E-state index in [1.807, 2.05) is 12.1 Å². The lowest BCUT2D eigenvalue weighted by molar-refractivity contribution is 0.867. The largest absolute Gasteiger partial charge is 0.382 e. The van der Waals surface area contributed by atoms with Crippen LogP contribution in [0.25, 0.3) is 11.3 Å². The minimum absolute atomic E-state index is 0.484. The lowest BCUT2D eigenvalue weighted by Gasteiger charge is -2.06. The zero-order valence-electron chi connectivity index (χ0n) is 9.51. The van der Waals surface area contributed by atoms with Gasteiger partial charge in [0.05, 0.1) is 0 Å². The monoisotopic (exact) mass is 216 g/mol. The maximum absolute atomic E-state index is 5.81. The summed E-state index contributed by atoms with van der Waals surface area (Å²) in [7, 11) is 0. The molecule has 4 N–H and O–H groups in total. The van der Waals surface area contributed by atoms with E-state index in [2.05, 4.69) is 31.0 Å². The van der Waals surface area contributed by atoms with E-state index >= 15 is 0 Å². The number of nitrogens with zero attached hydrogens (tertiary/aromatic N) is 2. The van der Waals surface area contributed by atoms with Gasteiger partial charge >= 0.3 is 0 Å². The molecule has 0 aliphatic rings. The van der Waals surface area contributed by atoms with Crippen molar-refractivity contribution in [2.45, 2.75) is 19.8 Å². The van der Waals surface area contributed by atoms with Crippen LogP contribution in [0.3, 0.4) is 0 Å². The van der Waals surface area contributed by atoms with Crippen molar-refractivity contribution in [3.8, 4) is 11.3 Å². The van der Waals surface area contributed by atoms with E-state index in [1.54, 1.807) is 0 Å². The van der Waals surface area contributed by atoms with E-state index in [0.29, 0.717) is 11.7 Å². The van der Waals surface area contributed by atoms with Crippen LogP contribution in [-0.2, 0) is 0 Å². The molecule has 1 aromatic carbocycles. The normalized spacial score (nSPS) is 10.9. The van der Waals surface area contributed by atoms with Gasteiger partial charge in [-0.15, -0.1) is 0 Å². The molecule has 0 fully saturated rings. The van der Waals surface area contributed by atoms with Crippen molar-refractivity contribution in [2.24, 2.45) is 0 Å². The van der Waals surface area contributed by atoms with Crippen LogP contribution >= 0.6 is 0 Å². The Morgan fingerprint density at radius 3 is 2.25 bits per heavy atom. The van der Waals surface area contributed by atoms with Crippen molar-refractivity contribution >= 4 is 5.82 Å². The van der Waals surface area contributed by atoms with Crippen molar-refractivity contribution in [3.63, 3.8) is 0 Å². The first-order valence-electron chi connectivity index (χ1n) is 5.28. The Morgan fingerprint density at radius 1 is 1.19 bits per heavy atom. The van der Waals surface area contributed by atoms with Crippen molar-refractivity contribution in [3.05, 3.63) is 36.2 Å². The maximum atomic E-state index is 5.81. The van der Waals surface area contributed by atoms with Crippen LogP contribution in [-0.4, -0.2) is 9.66 Å². The molecule has 0 saturated heterocycles. The summed E-state index contributed by atoms with van der Waals surface area (Å²) in [5.41, 5.74) is 8.83. The third kappa shape index (κ3) is 1.74. The Bertz CT molecular complexity index is 482. The van der Waals surface area contributed by atoms with Gasteiger partial charge in [-0.3, -0.25) is 0 Å². The van der Waals surface area contributed by atoms with E-state index in [1.165, 1.54) is 16.6 Å². The number of benzene rings is 1. The summed E-state index contributed by atoms with van der Waals surface area (Å²) in [5.74, 6) is 6.60. The number of hydrogen-bond acceptors (Lipinski definition) is 3. The van der Waals surface area contributed by atoms with Crippen LogP contribution in [0, 0.1) is 0 Å². The molecule has 1 heterocycles. The lowest BCUT2D eigenvalue weighted by Crippen LogP contribution is -2.09.